The molecule has 7 N–H and O–H groups in total. The van der Waals surface area contributed by atoms with Gasteiger partial charge in [-0.05, 0) is 70.6 Å². The van der Waals surface area contributed by atoms with Gasteiger partial charge in [-0.15, -0.1) is 80.4 Å². The molecule has 22 unspecified atom stereocenters. The summed E-state index contributed by atoms with van der Waals surface area (Å²) >= 11 is 0. The smallest absolute Gasteiger partial charge is 0.248 e. The van der Waals surface area contributed by atoms with Crippen LogP contribution in [0.3, 0.4) is 0 Å². The fourth-order valence-electron chi connectivity index (χ4n) is 3.04. The second kappa shape index (κ2) is 26.5. The zero-order chi connectivity index (χ0) is 36.0. The van der Waals surface area contributed by atoms with Crippen LogP contribution in [0.15, 0.2) is 0 Å². The second-order valence-corrected chi connectivity index (χ2v) is 63.8. The van der Waals surface area contributed by atoms with Crippen molar-refractivity contribution in [1.82, 2.24) is 26.6 Å². The van der Waals surface area contributed by atoms with Crippen molar-refractivity contribution in [1.29, 1.82) is 0 Å². The van der Waals surface area contributed by atoms with E-state index in [0.717, 1.165) is 0 Å². The maximum Gasteiger partial charge on any atom is 0.248 e. The molecular formula is C16H46N6O6P18. The molecule has 0 aromatic heterocycles. The van der Waals surface area contributed by atoms with Crippen LogP contribution < -0.4 is 32.3 Å². The Labute approximate surface area is 304 Å². The Balaban J connectivity index is 5.82. The maximum absolute atomic E-state index is 13.6. The predicted octanol–water partition coefficient (Wildman–Crippen LogP) is 5.79. The van der Waals surface area contributed by atoms with E-state index in [-0.39, 0.29) is 21.7 Å². The number of amides is 5. The van der Waals surface area contributed by atoms with Gasteiger partial charge in [-0.3, -0.25) is 28.8 Å². The Morgan fingerprint density at radius 3 is 1.41 bits per heavy atom. The minimum Gasteiger partial charge on any atom is -0.344 e. The molecule has 22 atom stereocenters. The van der Waals surface area contributed by atoms with Crippen LogP contribution in [-0.4, -0.2) is 70.8 Å². The first-order chi connectivity index (χ1) is 21.2. The summed E-state index contributed by atoms with van der Waals surface area (Å²) in [5.74, 6) is -5.40. The number of carbonyl (C=O) groups is 6. The van der Waals surface area contributed by atoms with Crippen LogP contribution in [0.5, 0.6) is 0 Å². The summed E-state index contributed by atoms with van der Waals surface area (Å²) in [7, 11) is 22.4. The van der Waals surface area contributed by atoms with E-state index in [1.165, 1.54) is 13.8 Å². The maximum atomic E-state index is 13.6. The number of ketones is 1. The number of hydrogen-bond donors (Lipinski definition) is 6. The molecule has 46 heavy (non-hydrogen) atoms. The van der Waals surface area contributed by atoms with E-state index in [1.54, 1.807) is 13.8 Å². The minimum absolute atomic E-state index is 0.218. The lowest BCUT2D eigenvalue weighted by Crippen LogP contribution is -2.57. The lowest BCUT2D eigenvalue weighted by atomic mass is 10.2. The Bertz CT molecular complexity index is 1070. The van der Waals surface area contributed by atoms with E-state index in [0.29, 0.717) is 7.96 Å². The molecule has 12 nitrogen and oxygen atoms in total. The van der Waals surface area contributed by atoms with Crippen LogP contribution in [0.4, 0.5) is 0 Å². The van der Waals surface area contributed by atoms with Crippen LogP contribution in [-0.2, 0) is 28.8 Å². The van der Waals surface area contributed by atoms with Gasteiger partial charge in [0.1, 0.15) is 29.4 Å². The molecule has 0 aromatic rings. The van der Waals surface area contributed by atoms with Crippen molar-refractivity contribution in [3.05, 3.63) is 0 Å². The standard InChI is InChI=1S/C16H46N6O6P18/c1-5(8(4)23)18-13(27)15(41(32)38-29)21-10(24)7(3)20-14(28)16(42(39-30)44(33)34)22-11(25)6(2)19-12(26)9(17)43(45(35)36)46(37)40-31/h5-7,9,15-16,38-40H,17,29-37H2,1-4H3,(H,18,27)(H,19,26)(H,20,28)(H,21,24)(H,22,25). The van der Waals surface area contributed by atoms with Crippen molar-refractivity contribution < 1.29 is 28.8 Å². The summed E-state index contributed by atoms with van der Waals surface area (Å²) in [6.45, 7) is 4.04. The third-order valence-electron chi connectivity index (χ3n) is 5.69. The SMILES string of the molecule is CC(=O)C(C)NC(=O)C(NC(=O)C(C)NC(=O)C(NC(=O)C(C)NC(=O)C(N)P(P(P)P)P(P)PP)P(PP)P(P)P)P(P)PP. The summed E-state index contributed by atoms with van der Waals surface area (Å²) in [6, 6.07) is -2.72. The molecular weight excluding hydrogens is 930 g/mol. The van der Waals surface area contributed by atoms with E-state index in [2.05, 4.69) is 107 Å². The van der Waals surface area contributed by atoms with Gasteiger partial charge in [0, 0.05) is 0 Å². The normalized spacial score (nSPS) is 18.9. The number of nitrogens with two attached hydrogens (primary N) is 1. The van der Waals surface area contributed by atoms with Crippen molar-refractivity contribution in [3.8, 4) is 0 Å². The lowest BCUT2D eigenvalue weighted by molar-refractivity contribution is -0.132. The molecule has 0 saturated carbocycles. The molecule has 0 aliphatic heterocycles. The number of carbonyl (C=O) groups excluding carboxylic acids is 6. The van der Waals surface area contributed by atoms with Crippen molar-refractivity contribution in [3.63, 3.8) is 0 Å². The van der Waals surface area contributed by atoms with E-state index in [1.807, 2.05) is 0 Å². The van der Waals surface area contributed by atoms with Crippen molar-refractivity contribution in [2.24, 2.45) is 5.73 Å². The average Bonchev–Trinajstić information content (AvgIpc) is 2.97. The molecule has 0 radical (unpaired) electrons. The third-order valence-corrected chi connectivity index (χ3v) is 73.2. The highest BCUT2D eigenvalue weighted by Gasteiger charge is 2.37. The predicted molar refractivity (Wildman–Crippen MR) is 249 cm³/mol. The Morgan fingerprint density at radius 2 is 1.02 bits per heavy atom. The second-order valence-electron chi connectivity index (χ2n) is 9.13. The van der Waals surface area contributed by atoms with Gasteiger partial charge >= 0.3 is 0 Å². The zero-order valence-electron chi connectivity index (χ0n) is 25.4. The molecule has 266 valence electrons. The van der Waals surface area contributed by atoms with Gasteiger partial charge in [-0.25, -0.2) is 0 Å². The highest BCUT2D eigenvalue weighted by atomic mass is 33.0. The van der Waals surface area contributed by atoms with Gasteiger partial charge in [0.2, 0.25) is 29.5 Å². The molecule has 0 aliphatic rings. The molecule has 0 aliphatic carbocycles. The van der Waals surface area contributed by atoms with Crippen LogP contribution in [0.2, 0.25) is 0 Å². The molecule has 0 bridgehead atoms. The molecule has 30 heteroatoms. The fraction of sp³-hybridized carbons (Fsp3) is 0.625. The van der Waals surface area contributed by atoms with Gasteiger partial charge in [0.15, 0.2) is 5.78 Å². The van der Waals surface area contributed by atoms with Gasteiger partial charge < -0.3 is 32.3 Å². The number of hydrogen-bond acceptors (Lipinski definition) is 7. The first-order valence-corrected chi connectivity index (χ1v) is 43.7. The average molecular weight is 976 g/mol. The number of Topliss-reactive ketones (excluding diaryl/α,β-unsaturated/α-hetero) is 1. The summed E-state index contributed by atoms with van der Waals surface area (Å²) in [5, 5.41) is 13.6. The Hall–Kier alpha value is 4.72. The topological polar surface area (TPSA) is 189 Å². The molecule has 0 saturated heterocycles. The van der Waals surface area contributed by atoms with Crippen LogP contribution in [0, 0.1) is 0 Å². The summed E-state index contributed by atoms with van der Waals surface area (Å²) in [4.78, 5) is 77.8. The first-order valence-electron chi connectivity index (χ1n) is 12.7. The van der Waals surface area contributed by atoms with Gasteiger partial charge in [-0.2, -0.15) is 0 Å². The highest BCUT2D eigenvalue weighted by molar-refractivity contribution is 9.01. The van der Waals surface area contributed by atoms with Crippen LogP contribution in [0.1, 0.15) is 27.7 Å². The van der Waals surface area contributed by atoms with Crippen molar-refractivity contribution in [2.45, 2.75) is 63.2 Å². The molecule has 0 aromatic carbocycles. The summed E-state index contributed by atoms with van der Waals surface area (Å²) in [6.07, 6.45) is 0. The molecule has 0 fully saturated rings. The Kier molecular flexibility index (Phi) is 29.2. The van der Waals surface area contributed by atoms with Gasteiger partial charge in [-0.1, -0.05) is 23.9 Å². The summed E-state index contributed by atoms with van der Waals surface area (Å²) < 4.78 is 0. The Morgan fingerprint density at radius 1 is 0.587 bits per heavy atom. The van der Waals surface area contributed by atoms with Gasteiger partial charge in [0.05, 0.1) is 6.04 Å². The lowest BCUT2D eigenvalue weighted by Gasteiger charge is -2.33. The summed E-state index contributed by atoms with van der Waals surface area (Å²) in [5.41, 5.74) is 6.38. The largest absolute Gasteiger partial charge is 0.344 e. The quantitative estimate of drug-likeness (QED) is 0.0834. The van der Waals surface area contributed by atoms with Crippen LogP contribution >= 0.6 is 147 Å². The first kappa shape index (κ1) is 50.7. The van der Waals surface area contributed by atoms with Gasteiger partial charge in [0.25, 0.3) is 0 Å². The van der Waals surface area contributed by atoms with Crippen molar-refractivity contribution >= 4 is 182 Å². The number of rotatable bonds is 20. The number of nitrogens with one attached hydrogen (secondary N) is 5. The molecule has 0 rings (SSSR count). The molecule has 0 heterocycles. The fourth-order valence-corrected chi connectivity index (χ4v) is 73.8. The van der Waals surface area contributed by atoms with E-state index in [9.17, 15) is 28.8 Å². The molecule has 0 spiro atoms. The third kappa shape index (κ3) is 17.9. The van der Waals surface area contributed by atoms with E-state index < -0.39 is 108 Å². The minimum atomic E-state index is -1.08. The van der Waals surface area contributed by atoms with E-state index in [4.69, 9.17) is 5.73 Å². The van der Waals surface area contributed by atoms with Crippen LogP contribution in [0.25, 0.3) is 0 Å². The molecule has 5 amide bonds. The van der Waals surface area contributed by atoms with Crippen molar-refractivity contribution in [2.75, 3.05) is 0 Å². The zero-order valence-corrected chi connectivity index (χ0v) is 44.1. The monoisotopic (exact) mass is 976 g/mol. The van der Waals surface area contributed by atoms with E-state index >= 15 is 0 Å². The highest BCUT2D eigenvalue weighted by Crippen LogP contribution is 3.01.